The molecule has 0 N–H and O–H groups in total. The van der Waals surface area contributed by atoms with E-state index < -0.39 is 0 Å². The molecular formula is C38H36N2O. The van der Waals surface area contributed by atoms with Crippen molar-refractivity contribution in [3.63, 3.8) is 0 Å². The van der Waals surface area contributed by atoms with Gasteiger partial charge in [0, 0.05) is 37.9 Å². The molecule has 2 aliphatic rings. The first kappa shape index (κ1) is 25.9. The third-order valence-corrected chi connectivity index (χ3v) is 8.81. The van der Waals surface area contributed by atoms with Crippen molar-refractivity contribution >= 4 is 32.3 Å². The first-order valence-electron chi connectivity index (χ1n) is 14.9. The normalized spacial score (nSPS) is 17.2. The first-order valence-corrected chi connectivity index (χ1v) is 14.9. The molecule has 1 aliphatic heterocycles. The van der Waals surface area contributed by atoms with Crippen LogP contribution in [0, 0.1) is 0 Å². The standard InChI is InChI=1S/C29H29NO.C9H7N/c1-2-5-24-22(4-1)12-13-29-26-7-3-6-25(27(26)14-15-28(24)29)23-10-8-21(9-11-23)20-30-16-18-31-19-17-30;1-2-4-9-7-10-6-5-8(9)3-1/h1-2,4-5,8-15,25H,3,6-7,16-20H2;1-7H. The molecule has 1 aromatic heterocycles. The minimum atomic E-state index is 0.511. The summed E-state index contributed by atoms with van der Waals surface area (Å²) in [5.74, 6) is 0.511. The Kier molecular flexibility index (Phi) is 7.46. The Balaban J connectivity index is 0.000000232. The molecule has 204 valence electrons. The number of ether oxygens (including phenoxy) is 1. The Morgan fingerprint density at radius 3 is 2.27 bits per heavy atom. The molecule has 0 saturated carbocycles. The molecule has 8 rings (SSSR count). The van der Waals surface area contributed by atoms with Gasteiger partial charge < -0.3 is 4.74 Å². The topological polar surface area (TPSA) is 25.4 Å². The molecule has 0 amide bonds. The molecule has 0 bridgehead atoms. The number of hydrogen-bond donors (Lipinski definition) is 0. The van der Waals surface area contributed by atoms with Crippen LogP contribution in [0.15, 0.2) is 116 Å². The minimum absolute atomic E-state index is 0.511. The number of fused-ring (bicyclic) bond motifs is 6. The Hall–Kier alpha value is -4.05. The number of aryl methyl sites for hydroxylation is 1. The van der Waals surface area contributed by atoms with E-state index in [0.717, 1.165) is 32.8 Å². The molecule has 1 unspecified atom stereocenters. The maximum atomic E-state index is 5.48. The van der Waals surface area contributed by atoms with Gasteiger partial charge in [0.25, 0.3) is 0 Å². The highest BCUT2D eigenvalue weighted by Gasteiger charge is 2.24. The van der Waals surface area contributed by atoms with E-state index in [2.05, 4.69) is 94.8 Å². The molecule has 1 saturated heterocycles. The monoisotopic (exact) mass is 536 g/mol. The summed E-state index contributed by atoms with van der Waals surface area (Å²) in [4.78, 5) is 6.50. The lowest BCUT2D eigenvalue weighted by molar-refractivity contribution is 0.0342. The van der Waals surface area contributed by atoms with E-state index >= 15 is 0 Å². The average Bonchev–Trinajstić information content (AvgIpc) is 3.05. The molecule has 3 heteroatoms. The second-order valence-electron chi connectivity index (χ2n) is 11.3. The van der Waals surface area contributed by atoms with Gasteiger partial charge in [-0.2, -0.15) is 0 Å². The highest BCUT2D eigenvalue weighted by Crippen LogP contribution is 2.41. The van der Waals surface area contributed by atoms with Crippen LogP contribution in [0.25, 0.3) is 32.3 Å². The molecule has 6 aromatic rings. The molecule has 41 heavy (non-hydrogen) atoms. The summed E-state index contributed by atoms with van der Waals surface area (Å²) in [7, 11) is 0. The van der Waals surface area contributed by atoms with Gasteiger partial charge in [-0.1, -0.05) is 97.1 Å². The first-order chi connectivity index (χ1) is 20.3. The fourth-order valence-electron chi connectivity index (χ4n) is 6.66. The number of aromatic nitrogens is 1. The van der Waals surface area contributed by atoms with E-state index in [0.29, 0.717) is 5.92 Å². The van der Waals surface area contributed by atoms with E-state index in [1.165, 1.54) is 68.3 Å². The Morgan fingerprint density at radius 1 is 0.683 bits per heavy atom. The summed E-state index contributed by atoms with van der Waals surface area (Å²) in [6.07, 6.45) is 7.38. The SMILES string of the molecule is c1ccc2c(c1)ccc1c3c(ccc12)C(c1ccc(CN2CCOCC2)cc1)CCC3.c1ccc2cnccc2c1. The largest absolute Gasteiger partial charge is 0.379 e. The summed E-state index contributed by atoms with van der Waals surface area (Å²) < 4.78 is 5.48. The van der Waals surface area contributed by atoms with Gasteiger partial charge in [-0.25, -0.2) is 0 Å². The number of pyridine rings is 1. The van der Waals surface area contributed by atoms with Gasteiger partial charge in [-0.3, -0.25) is 9.88 Å². The maximum Gasteiger partial charge on any atom is 0.0594 e. The molecule has 0 radical (unpaired) electrons. The second kappa shape index (κ2) is 11.8. The lowest BCUT2D eigenvalue weighted by atomic mass is 9.77. The zero-order valence-corrected chi connectivity index (χ0v) is 23.5. The van der Waals surface area contributed by atoms with Gasteiger partial charge in [0.05, 0.1) is 13.2 Å². The smallest absolute Gasteiger partial charge is 0.0594 e. The van der Waals surface area contributed by atoms with Crippen LogP contribution in [-0.2, 0) is 17.7 Å². The fourth-order valence-corrected chi connectivity index (χ4v) is 6.66. The van der Waals surface area contributed by atoms with Gasteiger partial charge >= 0.3 is 0 Å². The van der Waals surface area contributed by atoms with Crippen molar-refractivity contribution < 1.29 is 4.74 Å². The van der Waals surface area contributed by atoms with E-state index in [9.17, 15) is 0 Å². The predicted octanol–water partition coefficient (Wildman–Crippen LogP) is 8.53. The molecule has 0 spiro atoms. The molecule has 1 atom stereocenters. The minimum Gasteiger partial charge on any atom is -0.379 e. The molecule has 1 aliphatic carbocycles. The Bertz CT molecular complexity index is 1720. The van der Waals surface area contributed by atoms with Crippen LogP contribution < -0.4 is 0 Å². The van der Waals surface area contributed by atoms with Gasteiger partial charge in [-0.15, -0.1) is 0 Å². The van der Waals surface area contributed by atoms with Crippen molar-refractivity contribution in [2.24, 2.45) is 0 Å². The van der Waals surface area contributed by atoms with Crippen LogP contribution in [0.3, 0.4) is 0 Å². The van der Waals surface area contributed by atoms with Crippen LogP contribution in [0.5, 0.6) is 0 Å². The van der Waals surface area contributed by atoms with Crippen LogP contribution in [0.4, 0.5) is 0 Å². The highest BCUT2D eigenvalue weighted by atomic mass is 16.5. The van der Waals surface area contributed by atoms with Crippen LogP contribution in [-0.4, -0.2) is 36.2 Å². The number of rotatable bonds is 3. The highest BCUT2D eigenvalue weighted by molar-refractivity contribution is 6.08. The molecule has 2 heterocycles. The van der Waals surface area contributed by atoms with Crippen molar-refractivity contribution in [2.75, 3.05) is 26.3 Å². The summed E-state index contributed by atoms with van der Waals surface area (Å²) in [6, 6.07) is 37.8. The van der Waals surface area contributed by atoms with Crippen molar-refractivity contribution in [3.05, 3.63) is 138 Å². The van der Waals surface area contributed by atoms with E-state index in [-0.39, 0.29) is 0 Å². The Morgan fingerprint density at radius 2 is 1.44 bits per heavy atom. The third-order valence-electron chi connectivity index (χ3n) is 8.81. The summed E-state index contributed by atoms with van der Waals surface area (Å²) in [6.45, 7) is 4.84. The lowest BCUT2D eigenvalue weighted by Crippen LogP contribution is -2.35. The van der Waals surface area contributed by atoms with E-state index in [1.807, 2.05) is 30.6 Å². The molecular weight excluding hydrogens is 500 g/mol. The van der Waals surface area contributed by atoms with Gasteiger partial charge in [0.1, 0.15) is 0 Å². The molecule has 3 nitrogen and oxygen atoms in total. The predicted molar refractivity (Wildman–Crippen MR) is 171 cm³/mol. The number of hydrogen-bond acceptors (Lipinski definition) is 3. The average molecular weight is 537 g/mol. The van der Waals surface area contributed by atoms with Crippen molar-refractivity contribution in [3.8, 4) is 0 Å². The maximum absolute atomic E-state index is 5.48. The second-order valence-corrected chi connectivity index (χ2v) is 11.3. The lowest BCUT2D eigenvalue weighted by Gasteiger charge is -2.28. The van der Waals surface area contributed by atoms with Crippen molar-refractivity contribution in [1.82, 2.24) is 9.88 Å². The fraction of sp³-hybridized carbons (Fsp3) is 0.237. The van der Waals surface area contributed by atoms with Gasteiger partial charge in [0.15, 0.2) is 0 Å². The van der Waals surface area contributed by atoms with Gasteiger partial charge in [0.2, 0.25) is 0 Å². The quantitative estimate of drug-likeness (QED) is 0.212. The summed E-state index contributed by atoms with van der Waals surface area (Å²) >= 11 is 0. The number of morpholine rings is 1. The summed E-state index contributed by atoms with van der Waals surface area (Å²) in [5, 5.41) is 8.00. The number of nitrogens with zero attached hydrogens (tertiary/aromatic N) is 2. The molecule has 5 aromatic carbocycles. The summed E-state index contributed by atoms with van der Waals surface area (Å²) in [5.41, 5.74) is 5.98. The van der Waals surface area contributed by atoms with Crippen LogP contribution in [0.1, 0.15) is 41.0 Å². The number of benzene rings is 5. The van der Waals surface area contributed by atoms with Crippen LogP contribution in [0.2, 0.25) is 0 Å². The van der Waals surface area contributed by atoms with Crippen LogP contribution >= 0.6 is 0 Å². The van der Waals surface area contributed by atoms with Crippen molar-refractivity contribution in [1.29, 1.82) is 0 Å². The van der Waals surface area contributed by atoms with E-state index in [4.69, 9.17) is 4.74 Å². The zero-order valence-electron chi connectivity index (χ0n) is 23.5. The molecule has 1 fully saturated rings. The zero-order chi connectivity index (χ0) is 27.4. The third kappa shape index (κ3) is 5.48. The Labute approximate surface area is 242 Å². The van der Waals surface area contributed by atoms with E-state index in [1.54, 1.807) is 5.56 Å². The van der Waals surface area contributed by atoms with Gasteiger partial charge in [-0.05, 0) is 79.9 Å². The van der Waals surface area contributed by atoms with Crippen molar-refractivity contribution in [2.45, 2.75) is 31.7 Å².